The highest BCUT2D eigenvalue weighted by Crippen LogP contribution is 2.31. The summed E-state index contributed by atoms with van der Waals surface area (Å²) in [5.41, 5.74) is 4.65. The fourth-order valence-corrected chi connectivity index (χ4v) is 3.42. The first kappa shape index (κ1) is 17.6. The Bertz CT molecular complexity index is 724. The van der Waals surface area contributed by atoms with Crippen LogP contribution in [0.5, 0.6) is 0 Å². The predicted octanol–water partition coefficient (Wildman–Crippen LogP) is 2.74. The molecule has 0 radical (unpaired) electrons. The normalized spacial score (nSPS) is 20.6. The van der Waals surface area contributed by atoms with Crippen LogP contribution in [0.2, 0.25) is 0 Å². The molecule has 1 aliphatic rings. The molecule has 1 aliphatic carbocycles. The topological polar surface area (TPSA) is 62.2 Å². The Hall–Kier alpha value is -2.20. The zero-order chi connectivity index (χ0) is 17.8. The van der Waals surface area contributed by atoms with E-state index in [2.05, 4.69) is 36.3 Å². The number of nitrogens with one attached hydrogen (secondary N) is 1. The Labute approximate surface area is 149 Å². The maximum Gasteiger partial charge on any atom is 0.224 e. The number of aliphatic hydroxyl groups excluding tert-OH is 1. The molecule has 4 heteroatoms. The van der Waals surface area contributed by atoms with Crippen molar-refractivity contribution in [3.05, 3.63) is 65.0 Å². The molecule has 1 aromatic carbocycles. The molecule has 0 spiro atoms. The van der Waals surface area contributed by atoms with Crippen LogP contribution < -0.4 is 5.32 Å². The lowest BCUT2D eigenvalue weighted by Crippen LogP contribution is -2.48. The Morgan fingerprint density at radius 1 is 1.16 bits per heavy atom. The zero-order valence-electron chi connectivity index (χ0n) is 14.9. The number of amides is 1. The molecule has 0 saturated heterocycles. The first-order valence-corrected chi connectivity index (χ1v) is 8.93. The molecule has 1 heterocycles. The van der Waals surface area contributed by atoms with Gasteiger partial charge in [-0.05, 0) is 73.4 Å². The van der Waals surface area contributed by atoms with E-state index in [4.69, 9.17) is 0 Å². The smallest absolute Gasteiger partial charge is 0.224 e. The zero-order valence-corrected chi connectivity index (χ0v) is 14.9. The van der Waals surface area contributed by atoms with Gasteiger partial charge in [-0.3, -0.25) is 9.78 Å². The number of rotatable bonds is 6. The number of carbonyl (C=O) groups is 1. The summed E-state index contributed by atoms with van der Waals surface area (Å²) < 4.78 is 0. The lowest BCUT2D eigenvalue weighted by atomic mass is 9.75. The van der Waals surface area contributed by atoms with Crippen LogP contribution >= 0.6 is 0 Å². The van der Waals surface area contributed by atoms with Crippen LogP contribution in [0, 0.1) is 19.8 Å². The molecular weight excluding hydrogens is 312 g/mol. The average Bonchev–Trinajstić information content (AvgIpc) is 2.56. The van der Waals surface area contributed by atoms with Gasteiger partial charge in [0, 0.05) is 18.4 Å². The Balaban J connectivity index is 1.64. The molecule has 1 fully saturated rings. The van der Waals surface area contributed by atoms with E-state index >= 15 is 0 Å². The first-order chi connectivity index (χ1) is 12.0. The van der Waals surface area contributed by atoms with Gasteiger partial charge in [-0.25, -0.2) is 0 Å². The second-order valence-corrected chi connectivity index (χ2v) is 7.21. The van der Waals surface area contributed by atoms with Crippen LogP contribution in [-0.4, -0.2) is 28.1 Å². The molecule has 3 rings (SSSR count). The van der Waals surface area contributed by atoms with Gasteiger partial charge in [0.15, 0.2) is 0 Å². The van der Waals surface area contributed by atoms with E-state index in [1.165, 1.54) is 11.1 Å². The van der Waals surface area contributed by atoms with E-state index in [9.17, 15) is 9.90 Å². The van der Waals surface area contributed by atoms with E-state index in [0.29, 0.717) is 12.3 Å². The highest BCUT2D eigenvalue weighted by atomic mass is 16.3. The molecule has 1 saturated carbocycles. The minimum absolute atomic E-state index is 0.0451. The second-order valence-electron chi connectivity index (χ2n) is 7.21. The number of aromatic nitrogens is 1. The van der Waals surface area contributed by atoms with E-state index in [0.717, 1.165) is 30.4 Å². The largest absolute Gasteiger partial charge is 0.393 e. The summed E-state index contributed by atoms with van der Waals surface area (Å²) in [6, 6.07) is 10.2. The molecule has 0 aliphatic heterocycles. The maximum absolute atomic E-state index is 12.5. The summed E-state index contributed by atoms with van der Waals surface area (Å²) in [6.07, 6.45) is 6.03. The minimum Gasteiger partial charge on any atom is -0.393 e. The van der Waals surface area contributed by atoms with Crippen LogP contribution in [0.1, 0.15) is 35.1 Å². The third kappa shape index (κ3) is 4.67. The summed E-state index contributed by atoms with van der Waals surface area (Å²) in [7, 11) is 0. The summed E-state index contributed by atoms with van der Waals surface area (Å²) in [6.45, 7) is 4.14. The number of aryl methyl sites for hydroxylation is 2. The predicted molar refractivity (Wildman–Crippen MR) is 98.2 cm³/mol. The highest BCUT2D eigenvalue weighted by molar-refractivity contribution is 5.79. The van der Waals surface area contributed by atoms with Gasteiger partial charge in [0.25, 0.3) is 0 Å². The Kier molecular flexibility index (Phi) is 5.49. The number of pyridine rings is 1. The molecule has 4 nitrogen and oxygen atoms in total. The van der Waals surface area contributed by atoms with Gasteiger partial charge in [0.2, 0.25) is 5.91 Å². The Morgan fingerprint density at radius 2 is 1.88 bits per heavy atom. The first-order valence-electron chi connectivity index (χ1n) is 8.93. The lowest BCUT2D eigenvalue weighted by Gasteiger charge is -2.38. The van der Waals surface area contributed by atoms with Crippen molar-refractivity contribution in [2.75, 3.05) is 0 Å². The third-order valence-electron chi connectivity index (χ3n) is 5.21. The highest BCUT2D eigenvalue weighted by Gasteiger charge is 2.34. The van der Waals surface area contributed by atoms with Crippen LogP contribution in [0.25, 0.3) is 0 Å². The van der Waals surface area contributed by atoms with E-state index in [-0.39, 0.29) is 18.1 Å². The quantitative estimate of drug-likeness (QED) is 0.851. The molecule has 1 amide bonds. The van der Waals surface area contributed by atoms with Crippen molar-refractivity contribution in [2.45, 2.75) is 51.7 Å². The van der Waals surface area contributed by atoms with Crippen molar-refractivity contribution in [3.63, 3.8) is 0 Å². The van der Waals surface area contributed by atoms with Gasteiger partial charge in [0.05, 0.1) is 12.5 Å². The fourth-order valence-electron chi connectivity index (χ4n) is 3.42. The van der Waals surface area contributed by atoms with Crippen LogP contribution in [-0.2, 0) is 17.6 Å². The molecule has 1 atom stereocenters. The van der Waals surface area contributed by atoms with Gasteiger partial charge < -0.3 is 10.4 Å². The summed E-state index contributed by atoms with van der Waals surface area (Å²) >= 11 is 0. The van der Waals surface area contributed by atoms with E-state index in [1.807, 2.05) is 18.2 Å². The second kappa shape index (κ2) is 7.79. The molecule has 2 aromatic rings. The lowest BCUT2D eigenvalue weighted by molar-refractivity contribution is -0.122. The van der Waals surface area contributed by atoms with Gasteiger partial charge in [0.1, 0.15) is 0 Å². The number of benzene rings is 1. The van der Waals surface area contributed by atoms with Crippen molar-refractivity contribution < 1.29 is 9.90 Å². The van der Waals surface area contributed by atoms with Gasteiger partial charge in [-0.2, -0.15) is 0 Å². The van der Waals surface area contributed by atoms with Crippen molar-refractivity contribution >= 4 is 5.91 Å². The Morgan fingerprint density at radius 3 is 2.52 bits per heavy atom. The number of hydrogen-bond donors (Lipinski definition) is 2. The molecular formula is C21H26N2O2. The monoisotopic (exact) mass is 338 g/mol. The van der Waals surface area contributed by atoms with Crippen molar-refractivity contribution in [1.82, 2.24) is 10.3 Å². The fraction of sp³-hybridized carbons (Fsp3) is 0.429. The molecule has 0 unspecified atom stereocenters. The summed E-state index contributed by atoms with van der Waals surface area (Å²) in [5.74, 6) is 0.385. The number of aliphatic hydroxyl groups is 1. The van der Waals surface area contributed by atoms with E-state index in [1.54, 1.807) is 12.4 Å². The SMILES string of the molecule is Cc1ccc(CC(=O)N[C@H](Cc2ccncc2)C2CC(O)C2)cc1C. The van der Waals surface area contributed by atoms with E-state index < -0.39 is 0 Å². The third-order valence-corrected chi connectivity index (χ3v) is 5.21. The molecule has 2 N–H and O–H groups in total. The van der Waals surface area contributed by atoms with Gasteiger partial charge >= 0.3 is 0 Å². The maximum atomic E-state index is 12.5. The molecule has 25 heavy (non-hydrogen) atoms. The van der Waals surface area contributed by atoms with Crippen molar-refractivity contribution in [3.8, 4) is 0 Å². The average molecular weight is 338 g/mol. The molecule has 0 bridgehead atoms. The number of nitrogens with zero attached hydrogens (tertiary/aromatic N) is 1. The van der Waals surface area contributed by atoms with Crippen LogP contribution in [0.3, 0.4) is 0 Å². The van der Waals surface area contributed by atoms with Gasteiger partial charge in [-0.1, -0.05) is 18.2 Å². The standard InChI is InChI=1S/C21H26N2O2/c1-14-3-4-17(9-15(14)2)11-21(25)23-20(18-12-19(24)13-18)10-16-5-7-22-8-6-16/h3-9,18-20,24H,10-13H2,1-2H3,(H,23,25)/t18?,19?,20-/m1/s1. The summed E-state index contributed by atoms with van der Waals surface area (Å²) in [5, 5.41) is 12.8. The minimum atomic E-state index is -0.221. The number of carbonyl (C=O) groups excluding carboxylic acids is 1. The number of hydrogen-bond acceptors (Lipinski definition) is 3. The molecule has 132 valence electrons. The van der Waals surface area contributed by atoms with Crippen molar-refractivity contribution in [1.29, 1.82) is 0 Å². The van der Waals surface area contributed by atoms with Crippen molar-refractivity contribution in [2.24, 2.45) is 5.92 Å². The molecule has 1 aromatic heterocycles. The van der Waals surface area contributed by atoms with Crippen LogP contribution in [0.15, 0.2) is 42.7 Å². The van der Waals surface area contributed by atoms with Gasteiger partial charge in [-0.15, -0.1) is 0 Å². The summed E-state index contributed by atoms with van der Waals surface area (Å²) in [4.78, 5) is 16.6. The van der Waals surface area contributed by atoms with Crippen LogP contribution in [0.4, 0.5) is 0 Å².